The second-order valence-corrected chi connectivity index (χ2v) is 7.91. The number of rotatable bonds is 10. The van der Waals surface area contributed by atoms with Crippen LogP contribution >= 0.6 is 0 Å². The lowest BCUT2D eigenvalue weighted by atomic mass is 9.94. The molecule has 10 heteroatoms. The minimum atomic E-state index is -0.991. The van der Waals surface area contributed by atoms with Gasteiger partial charge in [-0.2, -0.15) is 0 Å². The first kappa shape index (κ1) is 27.2. The van der Waals surface area contributed by atoms with Crippen LogP contribution in [0.1, 0.15) is 31.0 Å². The van der Waals surface area contributed by atoms with Gasteiger partial charge in [-0.1, -0.05) is 12.1 Å². The number of ether oxygens (including phenoxy) is 3. The minimum Gasteiger partial charge on any atom is -0.496 e. The van der Waals surface area contributed by atoms with Crippen LogP contribution in [0.15, 0.2) is 36.4 Å². The van der Waals surface area contributed by atoms with E-state index in [2.05, 4.69) is 5.32 Å². The highest BCUT2D eigenvalue weighted by atomic mass is 16.5. The number of benzene rings is 2. The first-order valence-corrected chi connectivity index (χ1v) is 10.8. The van der Waals surface area contributed by atoms with Crippen LogP contribution in [0.25, 0.3) is 11.1 Å². The Labute approximate surface area is 204 Å². The standard InChI is InChI=1S/C25H31N3O7/c1-14(29)27-20(25(32)35-6)12-16-7-9-21(33-4)18(11-16)19-13-17(8-10-22(19)34-5)23(24(26)31)28(3)15(2)30/h7-11,13,20,23H,12H2,1-6H3,(H2,26,31)(H,27,29). The van der Waals surface area contributed by atoms with Crippen LogP contribution < -0.4 is 20.5 Å². The lowest BCUT2D eigenvalue weighted by Gasteiger charge is -2.26. The molecule has 0 aliphatic rings. The van der Waals surface area contributed by atoms with Gasteiger partial charge in [0.25, 0.3) is 0 Å². The van der Waals surface area contributed by atoms with Gasteiger partial charge in [0.15, 0.2) is 0 Å². The average Bonchev–Trinajstić information content (AvgIpc) is 2.82. The van der Waals surface area contributed by atoms with Crippen LogP contribution in [-0.4, -0.2) is 63.0 Å². The van der Waals surface area contributed by atoms with Gasteiger partial charge in [-0.15, -0.1) is 0 Å². The van der Waals surface area contributed by atoms with E-state index in [0.29, 0.717) is 33.8 Å². The maximum absolute atomic E-state index is 12.2. The van der Waals surface area contributed by atoms with Crippen molar-refractivity contribution < 1.29 is 33.4 Å². The number of carbonyl (C=O) groups is 4. The second-order valence-electron chi connectivity index (χ2n) is 7.91. The van der Waals surface area contributed by atoms with Crippen molar-refractivity contribution in [1.29, 1.82) is 0 Å². The summed E-state index contributed by atoms with van der Waals surface area (Å²) in [4.78, 5) is 49.2. The third kappa shape index (κ3) is 6.50. The van der Waals surface area contributed by atoms with Gasteiger partial charge in [-0.05, 0) is 35.4 Å². The molecule has 0 spiro atoms. The normalized spacial score (nSPS) is 12.2. The molecule has 0 aliphatic heterocycles. The number of likely N-dealkylation sites (N-methyl/N-ethyl adjacent to an activating group) is 1. The fourth-order valence-corrected chi connectivity index (χ4v) is 3.78. The number of primary amides is 1. The Morgan fingerprint density at radius 1 is 0.943 bits per heavy atom. The summed E-state index contributed by atoms with van der Waals surface area (Å²) in [5.74, 6) is -0.948. The van der Waals surface area contributed by atoms with E-state index >= 15 is 0 Å². The number of nitrogens with zero attached hydrogens (tertiary/aromatic N) is 1. The highest BCUT2D eigenvalue weighted by molar-refractivity contribution is 5.88. The third-order valence-electron chi connectivity index (χ3n) is 5.55. The topological polar surface area (TPSA) is 137 Å². The van der Waals surface area contributed by atoms with Gasteiger partial charge in [-0.3, -0.25) is 14.4 Å². The van der Waals surface area contributed by atoms with Crippen molar-refractivity contribution >= 4 is 23.7 Å². The summed E-state index contributed by atoms with van der Waals surface area (Å²) in [6, 6.07) is 8.48. The quantitative estimate of drug-likeness (QED) is 0.488. The van der Waals surface area contributed by atoms with Gasteiger partial charge in [-0.25, -0.2) is 4.79 Å². The molecule has 10 nitrogen and oxygen atoms in total. The number of amides is 3. The Morgan fingerprint density at radius 3 is 2.00 bits per heavy atom. The fourth-order valence-electron chi connectivity index (χ4n) is 3.78. The van der Waals surface area contributed by atoms with Gasteiger partial charge in [0.05, 0.1) is 21.3 Å². The molecule has 0 heterocycles. The van der Waals surface area contributed by atoms with E-state index in [0.717, 1.165) is 0 Å². The molecule has 2 rings (SSSR count). The van der Waals surface area contributed by atoms with Crippen LogP contribution in [0.4, 0.5) is 0 Å². The molecule has 0 aliphatic carbocycles. The molecule has 188 valence electrons. The number of hydrogen-bond donors (Lipinski definition) is 2. The van der Waals surface area contributed by atoms with Crippen molar-refractivity contribution in [3.63, 3.8) is 0 Å². The van der Waals surface area contributed by atoms with E-state index in [1.54, 1.807) is 36.4 Å². The highest BCUT2D eigenvalue weighted by Gasteiger charge is 2.27. The first-order chi connectivity index (χ1) is 16.5. The second kappa shape index (κ2) is 11.9. The van der Waals surface area contributed by atoms with Crippen molar-refractivity contribution in [2.45, 2.75) is 32.4 Å². The smallest absolute Gasteiger partial charge is 0.328 e. The monoisotopic (exact) mass is 485 g/mol. The number of esters is 1. The average molecular weight is 486 g/mol. The summed E-state index contributed by atoms with van der Waals surface area (Å²) < 4.78 is 15.9. The van der Waals surface area contributed by atoms with Crippen molar-refractivity contribution in [2.24, 2.45) is 5.73 Å². The highest BCUT2D eigenvalue weighted by Crippen LogP contribution is 2.39. The maximum Gasteiger partial charge on any atom is 0.328 e. The molecule has 2 unspecified atom stereocenters. The van der Waals surface area contributed by atoms with E-state index in [4.69, 9.17) is 19.9 Å². The molecule has 35 heavy (non-hydrogen) atoms. The molecule has 3 N–H and O–H groups in total. The summed E-state index contributed by atoms with van der Waals surface area (Å²) in [5.41, 5.74) is 8.02. The van der Waals surface area contributed by atoms with Gasteiger partial charge in [0, 0.05) is 38.4 Å². The van der Waals surface area contributed by atoms with Crippen molar-refractivity contribution in [2.75, 3.05) is 28.4 Å². The van der Waals surface area contributed by atoms with E-state index in [1.165, 1.54) is 47.1 Å². The Hall–Kier alpha value is -4.08. The lowest BCUT2D eigenvalue weighted by Crippen LogP contribution is -2.41. The number of methoxy groups -OCH3 is 3. The largest absolute Gasteiger partial charge is 0.496 e. The number of nitrogens with one attached hydrogen (secondary N) is 1. The molecular weight excluding hydrogens is 454 g/mol. The molecule has 0 radical (unpaired) electrons. The fraction of sp³-hybridized carbons (Fsp3) is 0.360. The predicted octanol–water partition coefficient (Wildman–Crippen LogP) is 1.60. The zero-order valence-electron chi connectivity index (χ0n) is 20.7. The molecule has 2 atom stereocenters. The first-order valence-electron chi connectivity index (χ1n) is 10.8. The van der Waals surface area contributed by atoms with Crippen LogP contribution in [-0.2, 0) is 30.3 Å². The summed E-state index contributed by atoms with van der Waals surface area (Å²) in [5, 5.41) is 2.59. The molecule has 0 fully saturated rings. The van der Waals surface area contributed by atoms with E-state index in [9.17, 15) is 19.2 Å². The van der Waals surface area contributed by atoms with Gasteiger partial charge >= 0.3 is 5.97 Å². The van der Waals surface area contributed by atoms with E-state index < -0.39 is 24.0 Å². The van der Waals surface area contributed by atoms with Crippen LogP contribution in [0.5, 0.6) is 11.5 Å². The Kier molecular flexibility index (Phi) is 9.21. The molecule has 2 aromatic carbocycles. The summed E-state index contributed by atoms with van der Waals surface area (Å²) >= 11 is 0. The molecular formula is C25H31N3O7. The Bertz CT molecular complexity index is 1120. The number of nitrogens with two attached hydrogens (primary N) is 1. The molecule has 0 aromatic heterocycles. The maximum atomic E-state index is 12.2. The van der Waals surface area contributed by atoms with Gasteiger partial charge < -0.3 is 30.2 Å². The Balaban J connectivity index is 2.64. The molecule has 2 aromatic rings. The summed E-state index contributed by atoms with van der Waals surface area (Å²) in [7, 11) is 5.77. The number of hydrogen-bond acceptors (Lipinski definition) is 7. The van der Waals surface area contributed by atoms with Crippen molar-refractivity contribution in [1.82, 2.24) is 10.2 Å². The SMILES string of the molecule is COC(=O)C(Cc1ccc(OC)c(-c2cc(C(C(N)=O)N(C)C(C)=O)ccc2OC)c1)NC(C)=O. The predicted molar refractivity (Wildman–Crippen MR) is 129 cm³/mol. The van der Waals surface area contributed by atoms with Crippen molar-refractivity contribution in [3.05, 3.63) is 47.5 Å². The minimum absolute atomic E-state index is 0.169. The van der Waals surface area contributed by atoms with E-state index in [1.807, 2.05) is 0 Å². The number of carbonyl (C=O) groups excluding carboxylic acids is 4. The summed E-state index contributed by atoms with van der Waals surface area (Å²) in [6.45, 7) is 2.67. The van der Waals surface area contributed by atoms with Crippen LogP contribution in [0.3, 0.4) is 0 Å². The Morgan fingerprint density at radius 2 is 1.51 bits per heavy atom. The molecule has 0 saturated heterocycles. The zero-order valence-corrected chi connectivity index (χ0v) is 20.7. The van der Waals surface area contributed by atoms with Crippen LogP contribution in [0.2, 0.25) is 0 Å². The van der Waals surface area contributed by atoms with Gasteiger partial charge in [0.1, 0.15) is 23.6 Å². The summed E-state index contributed by atoms with van der Waals surface area (Å²) in [6.07, 6.45) is 0.169. The molecule has 3 amide bonds. The van der Waals surface area contributed by atoms with Gasteiger partial charge in [0.2, 0.25) is 17.7 Å². The molecule has 0 saturated carbocycles. The third-order valence-corrected chi connectivity index (χ3v) is 5.55. The molecule has 0 bridgehead atoms. The van der Waals surface area contributed by atoms with Crippen molar-refractivity contribution in [3.8, 4) is 22.6 Å². The van der Waals surface area contributed by atoms with Crippen LogP contribution in [0, 0.1) is 0 Å². The lowest BCUT2D eigenvalue weighted by molar-refractivity contribution is -0.144. The zero-order chi connectivity index (χ0) is 26.3. The van der Waals surface area contributed by atoms with E-state index in [-0.39, 0.29) is 18.2 Å².